The maximum Gasteiger partial charge on any atom is 0.268 e. The molecule has 1 N–H and O–H groups in total. The zero-order chi connectivity index (χ0) is 13.8. The third-order valence-electron chi connectivity index (χ3n) is 2.86. The van der Waals surface area contributed by atoms with Crippen molar-refractivity contribution in [2.75, 3.05) is 0 Å². The second kappa shape index (κ2) is 6.06. The van der Waals surface area contributed by atoms with Crippen LogP contribution in [-0.2, 0) is 13.1 Å². The highest BCUT2D eigenvalue weighted by Crippen LogP contribution is 2.15. The average molecular weight is 325 g/mol. The van der Waals surface area contributed by atoms with E-state index in [1.807, 2.05) is 41.4 Å². The number of imidazole rings is 1. The highest BCUT2D eigenvalue weighted by molar-refractivity contribution is 9.10. The number of carbonyl (C=O) groups excluding carboxylic acids is 1. The Kier molecular flexibility index (Phi) is 4.42. The van der Waals surface area contributed by atoms with Gasteiger partial charge in [0.25, 0.3) is 5.91 Å². The topological polar surface area (TPSA) is 51.9 Å². The van der Waals surface area contributed by atoms with Gasteiger partial charge < -0.3 is 14.5 Å². The molecule has 0 saturated heterocycles. The van der Waals surface area contributed by atoms with Crippen molar-refractivity contribution in [2.24, 2.45) is 0 Å². The first-order chi connectivity index (χ1) is 9.10. The van der Waals surface area contributed by atoms with Gasteiger partial charge in [0.05, 0.1) is 6.33 Å². The van der Waals surface area contributed by atoms with Crippen molar-refractivity contribution in [3.05, 3.63) is 41.2 Å². The number of nitrogens with zero attached hydrogens (tertiary/aromatic N) is 3. The molecule has 2 rings (SSSR count). The fraction of sp³-hybridized carbons (Fsp3) is 0.385. The molecule has 0 radical (unpaired) electrons. The largest absolute Gasteiger partial charge is 0.347 e. The van der Waals surface area contributed by atoms with Crippen molar-refractivity contribution in [1.82, 2.24) is 19.4 Å². The zero-order valence-corrected chi connectivity index (χ0v) is 12.6. The van der Waals surface area contributed by atoms with Gasteiger partial charge in [0, 0.05) is 42.2 Å². The Morgan fingerprint density at radius 2 is 2.37 bits per heavy atom. The third-order valence-corrected chi connectivity index (χ3v) is 3.29. The molecule has 1 atom stereocenters. The summed E-state index contributed by atoms with van der Waals surface area (Å²) in [6.07, 6.45) is 7.27. The highest BCUT2D eigenvalue weighted by Gasteiger charge is 2.14. The van der Waals surface area contributed by atoms with Crippen LogP contribution in [0.4, 0.5) is 0 Å². The van der Waals surface area contributed by atoms with Gasteiger partial charge in [0.1, 0.15) is 5.69 Å². The van der Waals surface area contributed by atoms with E-state index in [0.717, 1.165) is 11.0 Å². The molecule has 5 nitrogen and oxygen atoms in total. The fourth-order valence-corrected chi connectivity index (χ4v) is 2.45. The first-order valence-electron chi connectivity index (χ1n) is 6.22. The maximum atomic E-state index is 12.2. The van der Waals surface area contributed by atoms with Gasteiger partial charge in [-0.25, -0.2) is 4.98 Å². The van der Waals surface area contributed by atoms with Gasteiger partial charge in [-0.05, 0) is 35.8 Å². The van der Waals surface area contributed by atoms with E-state index < -0.39 is 0 Å². The van der Waals surface area contributed by atoms with E-state index in [1.165, 1.54) is 0 Å². The first-order valence-corrected chi connectivity index (χ1v) is 7.01. The van der Waals surface area contributed by atoms with Crippen molar-refractivity contribution in [1.29, 1.82) is 0 Å². The molecular weight excluding hydrogens is 308 g/mol. The summed E-state index contributed by atoms with van der Waals surface area (Å²) in [6.45, 7) is 5.47. The molecule has 2 heterocycles. The summed E-state index contributed by atoms with van der Waals surface area (Å²) in [5.74, 6) is -0.0554. The van der Waals surface area contributed by atoms with Crippen molar-refractivity contribution < 1.29 is 4.79 Å². The molecule has 0 spiro atoms. The van der Waals surface area contributed by atoms with Crippen molar-refractivity contribution >= 4 is 21.8 Å². The summed E-state index contributed by atoms with van der Waals surface area (Å²) in [7, 11) is 0. The van der Waals surface area contributed by atoms with Crippen LogP contribution in [0.1, 0.15) is 24.3 Å². The normalized spacial score (nSPS) is 12.4. The SMILES string of the molecule is CCn1cc(Br)cc1C(=O)NC(C)Cn1ccnc1. The van der Waals surface area contributed by atoms with Crippen LogP contribution in [0, 0.1) is 0 Å². The number of rotatable bonds is 5. The second-order valence-corrected chi connectivity index (χ2v) is 5.38. The summed E-state index contributed by atoms with van der Waals surface area (Å²) in [4.78, 5) is 16.2. The van der Waals surface area contributed by atoms with Crippen LogP contribution in [0.5, 0.6) is 0 Å². The van der Waals surface area contributed by atoms with E-state index in [0.29, 0.717) is 12.2 Å². The van der Waals surface area contributed by atoms with Gasteiger partial charge in [0.2, 0.25) is 0 Å². The Labute approximate surface area is 120 Å². The average Bonchev–Trinajstić information content (AvgIpc) is 2.97. The minimum atomic E-state index is -0.0554. The van der Waals surface area contributed by atoms with Gasteiger partial charge in [-0.2, -0.15) is 0 Å². The van der Waals surface area contributed by atoms with Crippen molar-refractivity contribution in [3.8, 4) is 0 Å². The number of hydrogen-bond donors (Lipinski definition) is 1. The summed E-state index contributed by atoms with van der Waals surface area (Å²) >= 11 is 3.39. The van der Waals surface area contributed by atoms with Crippen LogP contribution in [-0.4, -0.2) is 26.1 Å². The van der Waals surface area contributed by atoms with E-state index >= 15 is 0 Å². The maximum absolute atomic E-state index is 12.2. The van der Waals surface area contributed by atoms with E-state index in [1.54, 1.807) is 12.5 Å². The lowest BCUT2D eigenvalue weighted by Gasteiger charge is -2.15. The number of halogens is 1. The van der Waals surface area contributed by atoms with Crippen LogP contribution in [0.15, 0.2) is 35.5 Å². The molecule has 0 saturated carbocycles. The molecule has 1 unspecified atom stereocenters. The quantitative estimate of drug-likeness (QED) is 0.917. The molecule has 19 heavy (non-hydrogen) atoms. The fourth-order valence-electron chi connectivity index (χ4n) is 1.98. The molecule has 0 aliphatic heterocycles. The third kappa shape index (κ3) is 3.47. The van der Waals surface area contributed by atoms with Crippen molar-refractivity contribution in [3.63, 3.8) is 0 Å². The van der Waals surface area contributed by atoms with Crippen LogP contribution in [0.2, 0.25) is 0 Å². The molecule has 0 aliphatic rings. The van der Waals surface area contributed by atoms with Crippen molar-refractivity contribution in [2.45, 2.75) is 33.0 Å². The first kappa shape index (κ1) is 13.9. The molecule has 102 valence electrons. The van der Waals surface area contributed by atoms with Gasteiger partial charge in [-0.3, -0.25) is 4.79 Å². The van der Waals surface area contributed by atoms with Crippen LogP contribution >= 0.6 is 15.9 Å². The number of hydrogen-bond acceptors (Lipinski definition) is 2. The highest BCUT2D eigenvalue weighted by atomic mass is 79.9. The minimum Gasteiger partial charge on any atom is -0.347 e. The standard InChI is InChI=1S/C13H17BrN4O/c1-3-18-8-11(14)6-12(18)13(19)16-10(2)7-17-5-4-15-9-17/h4-6,8-10H,3,7H2,1-2H3,(H,16,19). The number of nitrogens with one attached hydrogen (secondary N) is 1. The lowest BCUT2D eigenvalue weighted by atomic mass is 10.3. The predicted octanol–water partition coefficient (Wildman–Crippen LogP) is 2.29. The van der Waals surface area contributed by atoms with E-state index in [9.17, 15) is 4.79 Å². The molecule has 2 aromatic rings. The Morgan fingerprint density at radius 3 is 3.00 bits per heavy atom. The molecule has 6 heteroatoms. The lowest BCUT2D eigenvalue weighted by molar-refractivity contribution is 0.0927. The van der Waals surface area contributed by atoms with Crippen LogP contribution < -0.4 is 5.32 Å². The molecular formula is C13H17BrN4O. The van der Waals surface area contributed by atoms with Gasteiger partial charge in [0.15, 0.2) is 0 Å². The number of amides is 1. The zero-order valence-electron chi connectivity index (χ0n) is 11.0. The molecule has 2 aromatic heterocycles. The second-order valence-electron chi connectivity index (χ2n) is 4.46. The minimum absolute atomic E-state index is 0.0423. The lowest BCUT2D eigenvalue weighted by Crippen LogP contribution is -2.36. The Hall–Kier alpha value is -1.56. The summed E-state index contributed by atoms with van der Waals surface area (Å²) in [6, 6.07) is 1.88. The number of aryl methyl sites for hydroxylation is 1. The number of carbonyl (C=O) groups is 1. The molecule has 0 bridgehead atoms. The predicted molar refractivity (Wildman–Crippen MR) is 77.0 cm³/mol. The Bertz CT molecular complexity index is 547. The van der Waals surface area contributed by atoms with E-state index in [-0.39, 0.29) is 11.9 Å². The summed E-state index contributed by atoms with van der Waals surface area (Å²) < 4.78 is 4.78. The number of aromatic nitrogens is 3. The summed E-state index contributed by atoms with van der Waals surface area (Å²) in [5, 5.41) is 2.99. The van der Waals surface area contributed by atoms with Crippen LogP contribution in [0.3, 0.4) is 0 Å². The van der Waals surface area contributed by atoms with Gasteiger partial charge in [-0.15, -0.1) is 0 Å². The molecule has 0 aromatic carbocycles. The van der Waals surface area contributed by atoms with E-state index in [4.69, 9.17) is 0 Å². The molecule has 0 fully saturated rings. The summed E-state index contributed by atoms with van der Waals surface area (Å²) in [5.41, 5.74) is 0.673. The van der Waals surface area contributed by atoms with Gasteiger partial charge >= 0.3 is 0 Å². The smallest absolute Gasteiger partial charge is 0.268 e. The molecule has 1 amide bonds. The monoisotopic (exact) mass is 324 g/mol. The Balaban J connectivity index is 2.00. The van der Waals surface area contributed by atoms with Gasteiger partial charge in [-0.1, -0.05) is 0 Å². The molecule has 0 aliphatic carbocycles. The van der Waals surface area contributed by atoms with Crippen LogP contribution in [0.25, 0.3) is 0 Å². The Morgan fingerprint density at radius 1 is 1.58 bits per heavy atom. The van der Waals surface area contributed by atoms with E-state index in [2.05, 4.69) is 26.2 Å².